The molecule has 0 aliphatic rings. The first-order valence-electron chi connectivity index (χ1n) is 51.9. The number of ether oxygens (including phenoxy) is 5. The van der Waals surface area contributed by atoms with Crippen LogP contribution in [-0.2, 0) is 57.4 Å². The number of aromatic hydroxyl groups is 4. The van der Waals surface area contributed by atoms with E-state index in [1.165, 1.54) is 27.9 Å². The number of aldehydes is 2. The molecule has 0 amide bonds. The molecule has 0 heterocycles. The van der Waals surface area contributed by atoms with Gasteiger partial charge in [0.05, 0.1) is 76.4 Å². The van der Waals surface area contributed by atoms with Gasteiger partial charge in [-0.2, -0.15) is 0 Å². The number of hydrogen-bond acceptors (Lipinski definition) is 20. The lowest BCUT2D eigenvalue weighted by Gasteiger charge is -2.19. The molecule has 0 bridgehead atoms. The van der Waals surface area contributed by atoms with Crippen LogP contribution in [0, 0.1) is 70.5 Å². The quantitative estimate of drug-likeness (QED) is 0.00292. The molecule has 24 heteroatoms. The number of phenols is 4. The number of nitrogens with one attached hydrogen (secondary N) is 1. The first-order chi connectivity index (χ1) is 70.0. The summed E-state index contributed by atoms with van der Waals surface area (Å²) >= 11 is 17.7. The van der Waals surface area contributed by atoms with E-state index in [1.807, 2.05) is 147 Å². The number of phenolic OH excluding ortho intramolecular Hbond substituents is 4. The molecule has 3 aromatic rings. The van der Waals surface area contributed by atoms with Crippen molar-refractivity contribution in [1.82, 2.24) is 0 Å². The van der Waals surface area contributed by atoms with Gasteiger partial charge in [0.15, 0.2) is 12.6 Å². The highest BCUT2D eigenvalue weighted by Crippen LogP contribution is 2.42. The van der Waals surface area contributed by atoms with Crippen LogP contribution in [0.5, 0.6) is 28.7 Å². The fourth-order valence-electron chi connectivity index (χ4n) is 11.2. The maximum atomic E-state index is 11.8. The molecule has 0 aliphatic carbocycles. The lowest BCUT2D eigenvalue weighted by atomic mass is 9.96. The number of unbranched alkanes of at least 4 members (excludes halogenated alkanes) is 10. The first kappa shape index (κ1) is 155. The third-order valence-corrected chi connectivity index (χ3v) is 22.0. The number of aliphatic hydroxyl groups excluding tert-OH is 4. The molecule has 0 aromatic heterocycles. The summed E-state index contributed by atoms with van der Waals surface area (Å²) in [6.45, 7) is 62.6. The number of carbonyl (C=O) groups is 6. The predicted octanol–water partition coefficient (Wildman–Crippen LogP) is 32.7. The maximum Gasteiger partial charge on any atom is 0.311 e. The van der Waals surface area contributed by atoms with Crippen molar-refractivity contribution in [1.29, 1.82) is 5.41 Å². The number of carbonyl (C=O) groups excluding carboxylic acids is 6. The monoisotopic (exact) mass is 2290 g/mol. The van der Waals surface area contributed by atoms with E-state index in [0.717, 1.165) is 179 Å². The average Bonchev–Trinajstić information content (AvgIpc) is 0.797. The second kappa shape index (κ2) is 99.6. The Morgan fingerprint density at radius 3 is 1.13 bits per heavy atom. The maximum absolute atomic E-state index is 11.8. The van der Waals surface area contributed by atoms with Crippen molar-refractivity contribution in [3.8, 4) is 52.4 Å². The summed E-state index contributed by atoms with van der Waals surface area (Å²) < 4.78 is 27.1. The van der Waals surface area contributed by atoms with Gasteiger partial charge in [-0.3, -0.25) is 28.8 Å². The number of hydrogen-bond donors (Lipinski definition) is 9. The zero-order valence-corrected chi connectivity index (χ0v) is 103. The van der Waals surface area contributed by atoms with Crippen molar-refractivity contribution in [3.63, 3.8) is 0 Å². The second-order valence-electron chi connectivity index (χ2n) is 40.2. The molecule has 149 heavy (non-hydrogen) atoms. The van der Waals surface area contributed by atoms with E-state index in [0.29, 0.717) is 61.4 Å². The predicted molar refractivity (Wildman–Crippen MR) is 644 cm³/mol. The minimum atomic E-state index is -0.511. The number of halogens is 4. The molecular weight excluding hydrogens is 2100 g/mol. The van der Waals surface area contributed by atoms with Crippen LogP contribution >= 0.6 is 61.7 Å². The van der Waals surface area contributed by atoms with Gasteiger partial charge in [0.2, 0.25) is 0 Å². The van der Waals surface area contributed by atoms with E-state index in [9.17, 15) is 49.2 Å². The Morgan fingerprint density at radius 1 is 0.443 bits per heavy atom. The largest absolute Gasteiger partial charge is 0.507 e. The molecule has 1 atom stereocenters. The number of rotatable bonds is 46. The molecule has 0 aliphatic heterocycles. The standard InChI is InChI=1S/C22H33ClO5.C22H29ClO5.C14H23BrO2.C14H24O3.C10H18O.C10H16.C9H12O.C9H16O.C9H14O.C5H9I.CH3N/c2*1-14(13-28-21(27)22(3,4)5)10-8-6-7-9-11-16-19(25)17(12-24)15(2)18(23)20(16)26;2*1-12(9-7-5-6-8-10-15)11-17-13(16)14(2,3)4;1-3-4-5-6-7-8-10(2)9-11;1-4-5-6-7-8-9-10(2)3;1-3-8-4-6-9(10-2)7-5-8;2*1-9(2)7-5-3-4-6-8-10;1-5(2)3-4-6;1-2/h12,14,25-26H,6-11,13H2,1-5H3;7,9-10,12,25-26H,6,8,11,13H2,1-5H3;6,8-9H,5,7,10-11H2,1-4H3;6,8-9,15H,5,7,10-11H2,1-4H3;4-5,8,11H,3,6-7,9H2,1-2H3;9H,4,7-8H2,1-3H3;4-7H,3H2,1-2H3;4,6-7,10H,3,5,8H2,1-2H3;7,10H,3,5,8H2,1-2H3;3H,4H2,1-2H3;2H,1H2/b;9-7+,14-10+;2*8-6+,12-9+;5-4+,10-8+;;;6-4+;;;. The highest BCUT2D eigenvalue weighted by molar-refractivity contribution is 14.1. The van der Waals surface area contributed by atoms with Gasteiger partial charge in [-0.25, -0.2) is 0 Å². The number of esters is 4. The molecule has 3 rings (SSSR count). The Balaban J connectivity index is -0.000000255. The highest BCUT2D eigenvalue weighted by atomic mass is 127. The van der Waals surface area contributed by atoms with E-state index in [-0.39, 0.29) is 113 Å². The average molecular weight is 2300 g/mol. The Labute approximate surface area is 935 Å². The lowest BCUT2D eigenvalue weighted by molar-refractivity contribution is -0.154. The molecule has 0 fully saturated rings. The van der Waals surface area contributed by atoms with Gasteiger partial charge >= 0.3 is 23.9 Å². The van der Waals surface area contributed by atoms with Crippen LogP contribution in [-0.4, -0.2) is 154 Å². The summed E-state index contributed by atoms with van der Waals surface area (Å²) in [4.78, 5) is 68.8. The van der Waals surface area contributed by atoms with Crippen LogP contribution in [0.15, 0.2) is 178 Å². The third-order valence-electron chi connectivity index (χ3n) is 20.2. The van der Waals surface area contributed by atoms with Gasteiger partial charge in [-0.15, -0.1) is 17.8 Å². The van der Waals surface area contributed by atoms with E-state index >= 15 is 0 Å². The van der Waals surface area contributed by atoms with Crippen molar-refractivity contribution in [2.24, 2.45) is 27.6 Å². The van der Waals surface area contributed by atoms with E-state index in [2.05, 4.69) is 231 Å². The molecule has 844 valence electrons. The van der Waals surface area contributed by atoms with Crippen LogP contribution in [0.2, 0.25) is 10.0 Å². The fraction of sp³-hybridized carbons (Fsp3) is 0.560. The van der Waals surface area contributed by atoms with Gasteiger partial charge in [-0.1, -0.05) is 264 Å². The van der Waals surface area contributed by atoms with Crippen molar-refractivity contribution < 1.29 is 93.3 Å². The van der Waals surface area contributed by atoms with E-state index in [1.54, 1.807) is 39.2 Å². The Kier molecular flexibility index (Phi) is 104. The first-order valence-corrected chi connectivity index (χ1v) is 55.3. The molecule has 0 saturated heterocycles. The Bertz CT molecular complexity index is 4560. The highest BCUT2D eigenvalue weighted by Gasteiger charge is 2.27. The summed E-state index contributed by atoms with van der Waals surface area (Å²) in [5, 5.41) is 81.1. The van der Waals surface area contributed by atoms with Gasteiger partial charge in [0.25, 0.3) is 0 Å². The van der Waals surface area contributed by atoms with Crippen molar-refractivity contribution in [2.45, 2.75) is 362 Å². The third kappa shape index (κ3) is 94.6. The molecule has 0 radical (unpaired) electrons. The van der Waals surface area contributed by atoms with Gasteiger partial charge < -0.3 is 69.9 Å². The van der Waals surface area contributed by atoms with Crippen molar-refractivity contribution >= 4 is 105 Å². The minimum Gasteiger partial charge on any atom is -0.507 e. The van der Waals surface area contributed by atoms with Gasteiger partial charge in [0, 0.05) is 40.1 Å². The number of benzene rings is 3. The van der Waals surface area contributed by atoms with Crippen molar-refractivity contribution in [2.75, 3.05) is 69.7 Å². The minimum absolute atomic E-state index is 0.0190. The number of aryl methyl sites for hydroxylation is 1. The van der Waals surface area contributed by atoms with Crippen LogP contribution in [0.4, 0.5) is 0 Å². The Morgan fingerprint density at radius 2 is 0.792 bits per heavy atom. The number of allylic oxidation sites excluding steroid dienone is 20. The molecule has 9 N–H and O–H groups in total. The van der Waals surface area contributed by atoms with Crippen molar-refractivity contribution in [3.05, 3.63) is 227 Å². The second-order valence-corrected chi connectivity index (χ2v) is 42.5. The molecular formula is C125H197BrCl2INO19. The van der Waals surface area contributed by atoms with Crippen LogP contribution in [0.3, 0.4) is 0 Å². The van der Waals surface area contributed by atoms with Gasteiger partial charge in [0.1, 0.15) is 55.2 Å². The molecule has 20 nitrogen and oxygen atoms in total. The van der Waals surface area contributed by atoms with E-state index < -0.39 is 21.7 Å². The normalized spacial score (nSPS) is 11.4. The van der Waals surface area contributed by atoms with Crippen LogP contribution in [0.1, 0.15) is 377 Å². The van der Waals surface area contributed by atoms with Crippen LogP contribution in [0.25, 0.3) is 0 Å². The summed E-state index contributed by atoms with van der Waals surface area (Å²) in [6.07, 6.45) is 59.9. The van der Waals surface area contributed by atoms with Gasteiger partial charge in [-0.05, 0) is 354 Å². The smallest absolute Gasteiger partial charge is 0.311 e. The number of methoxy groups -OCH3 is 1. The fourth-order valence-corrected chi connectivity index (χ4v) is 12.7. The topological polar surface area (TPSA) is 334 Å². The lowest BCUT2D eigenvalue weighted by Crippen LogP contribution is -2.24. The molecule has 0 saturated carbocycles. The summed E-state index contributed by atoms with van der Waals surface area (Å²) in [5.74, 6) is 11.3. The Hall–Kier alpha value is -9.08. The number of aliphatic hydroxyl groups is 4. The summed E-state index contributed by atoms with van der Waals surface area (Å²) in [7, 11) is 1.68. The SMILES string of the molecule is C/C(=C\CC/C=C/CBr)COC(=O)C(C)(C)C.C/C(=C\CC/C=C/CO)COC(=O)C(C)(C)C.C/C(=C\CC/C=C/Cc1c(O)c(Cl)c(C)c(C=O)c1O)COC(=O)C(C)(C)C.C=N.CC(C)=CCC/C=C/CO.CC(C)=CCCC#CCO.CC(C)=CCI.CC/C=C/CC/C=C(\C)CO.CCC#CCCC=C(C)C.CCc1ccc(OC)cc1.Cc1c(Cl)c(O)c(CCCCCCC(C)COC(=O)C(C)(C)C)c(O)c1C=O. The summed E-state index contributed by atoms with van der Waals surface area (Å²) in [5.41, 5.74) is 10.7. The summed E-state index contributed by atoms with van der Waals surface area (Å²) in [6, 6.07) is 8.13. The molecule has 1 unspecified atom stereocenters. The van der Waals surface area contributed by atoms with Crippen LogP contribution < -0.4 is 4.74 Å². The number of alkyl halides is 2. The van der Waals surface area contributed by atoms with E-state index in [4.69, 9.17) is 72.7 Å². The molecule has 3 aromatic carbocycles. The zero-order chi connectivity index (χ0) is 116. The molecule has 0 spiro atoms. The zero-order valence-electron chi connectivity index (χ0n) is 97.3.